The minimum Gasteiger partial charge on any atom is -0.497 e. The third-order valence-corrected chi connectivity index (χ3v) is 4.74. The number of rotatable bonds is 7. The van der Waals surface area contributed by atoms with Crippen molar-refractivity contribution >= 4 is 29.2 Å². The molecule has 16 heteroatoms. The lowest BCUT2D eigenvalue weighted by Crippen LogP contribution is -2.40. The molecule has 0 saturated carbocycles. The Balaban J connectivity index is 2.40. The number of alkyl halides is 6. The third-order valence-electron chi connectivity index (χ3n) is 4.14. The Kier molecular flexibility index (Phi) is 8.55. The van der Waals surface area contributed by atoms with Crippen LogP contribution in [0.4, 0.5) is 26.3 Å². The van der Waals surface area contributed by atoms with Crippen LogP contribution < -0.4 is 16.0 Å². The largest absolute Gasteiger partial charge is 0.497 e. The van der Waals surface area contributed by atoms with Crippen molar-refractivity contribution in [1.29, 1.82) is 0 Å². The van der Waals surface area contributed by atoms with Crippen LogP contribution in [0.2, 0.25) is 10.0 Å². The van der Waals surface area contributed by atoms with Crippen LogP contribution in [0.15, 0.2) is 39.6 Å². The van der Waals surface area contributed by atoms with Crippen molar-refractivity contribution in [2.24, 2.45) is 7.05 Å². The zero-order chi connectivity index (χ0) is 26.7. The second-order valence-corrected chi connectivity index (χ2v) is 7.42. The van der Waals surface area contributed by atoms with Gasteiger partial charge in [-0.15, -0.1) is 0 Å². The fraction of sp³-hybridized carbons (Fsp3) is 0.316. The molecule has 0 amide bonds. The number of carbonyl (C=O) groups excluding carboxylic acids is 1. The number of hydrogen-bond acceptors (Lipinski definition) is 6. The van der Waals surface area contributed by atoms with E-state index in [0.717, 1.165) is 26.3 Å². The predicted octanol–water partition coefficient (Wildman–Crippen LogP) is 3.88. The Labute approximate surface area is 201 Å². The fourth-order valence-corrected chi connectivity index (χ4v) is 3.08. The zero-order valence-corrected chi connectivity index (χ0v) is 19.1. The molecule has 2 aromatic rings. The molecular weight excluding hydrogens is 537 g/mol. The SMILES string of the molecule is CO/C(=C/C(=O)OCC(F)(F)F)COc1cc(-n2c(=O)cc(C(F)(F)F)n(C)c2=O)c(Cl)cc1Cl. The minimum absolute atomic E-state index is 0.175. The highest BCUT2D eigenvalue weighted by Crippen LogP contribution is 2.33. The Bertz CT molecular complexity index is 1270. The lowest BCUT2D eigenvalue weighted by molar-refractivity contribution is -0.182. The lowest BCUT2D eigenvalue weighted by Gasteiger charge is -2.16. The maximum atomic E-state index is 13.1. The van der Waals surface area contributed by atoms with E-state index in [1.165, 1.54) is 0 Å². The van der Waals surface area contributed by atoms with Gasteiger partial charge in [-0.3, -0.25) is 9.36 Å². The molecule has 0 aliphatic heterocycles. The molecular formula is C19H14Cl2F6N2O6. The number of halogens is 8. The van der Waals surface area contributed by atoms with Gasteiger partial charge in [0, 0.05) is 19.2 Å². The predicted molar refractivity (Wildman–Crippen MR) is 110 cm³/mol. The molecule has 1 aromatic carbocycles. The fourth-order valence-electron chi connectivity index (χ4n) is 2.55. The van der Waals surface area contributed by atoms with E-state index in [4.69, 9.17) is 32.7 Å². The number of nitrogens with zero attached hydrogens (tertiary/aromatic N) is 2. The Morgan fingerprint density at radius 1 is 1.06 bits per heavy atom. The molecule has 2 rings (SSSR count). The Morgan fingerprint density at radius 2 is 1.69 bits per heavy atom. The van der Waals surface area contributed by atoms with E-state index in [1.807, 2.05) is 0 Å². The molecule has 0 spiro atoms. The van der Waals surface area contributed by atoms with Gasteiger partial charge in [0.2, 0.25) is 0 Å². The highest BCUT2D eigenvalue weighted by molar-refractivity contribution is 6.36. The van der Waals surface area contributed by atoms with Crippen LogP contribution in [0.1, 0.15) is 5.69 Å². The van der Waals surface area contributed by atoms with Crippen LogP contribution >= 0.6 is 23.2 Å². The molecule has 0 atom stereocenters. The number of aromatic nitrogens is 2. The number of ether oxygens (including phenoxy) is 3. The summed E-state index contributed by atoms with van der Waals surface area (Å²) < 4.78 is 90.3. The van der Waals surface area contributed by atoms with Gasteiger partial charge in [0.25, 0.3) is 5.56 Å². The molecule has 0 fully saturated rings. The highest BCUT2D eigenvalue weighted by atomic mass is 35.5. The topological polar surface area (TPSA) is 88.8 Å². The monoisotopic (exact) mass is 550 g/mol. The molecule has 1 aromatic heterocycles. The summed E-state index contributed by atoms with van der Waals surface area (Å²) in [4.78, 5) is 36.3. The summed E-state index contributed by atoms with van der Waals surface area (Å²) in [5, 5.41) is -0.467. The molecule has 0 saturated heterocycles. The van der Waals surface area contributed by atoms with Gasteiger partial charge in [-0.2, -0.15) is 26.3 Å². The smallest absolute Gasteiger partial charge is 0.431 e. The standard InChI is InChI=1S/C19H14Cl2F6N2O6/c1-28-14(19(25,26)27)6-15(30)29(17(28)32)12-5-13(11(21)4-10(12)20)34-7-9(33-2)3-16(31)35-8-18(22,23)24/h3-6H,7-8H2,1-2H3/b9-3+. The second kappa shape index (κ2) is 10.6. The van der Waals surface area contributed by atoms with Crippen molar-refractivity contribution in [3.8, 4) is 11.4 Å². The summed E-state index contributed by atoms with van der Waals surface area (Å²) in [5.41, 5.74) is -4.58. The summed E-state index contributed by atoms with van der Waals surface area (Å²) >= 11 is 12.0. The van der Waals surface area contributed by atoms with Crippen LogP contribution in [0.25, 0.3) is 5.69 Å². The van der Waals surface area contributed by atoms with Crippen molar-refractivity contribution in [1.82, 2.24) is 9.13 Å². The van der Waals surface area contributed by atoms with Gasteiger partial charge < -0.3 is 14.2 Å². The number of carbonyl (C=O) groups is 1. The molecule has 192 valence electrons. The van der Waals surface area contributed by atoms with Crippen LogP contribution in [0.3, 0.4) is 0 Å². The number of benzene rings is 1. The Hall–Kier alpha value is -3.13. The molecule has 0 bridgehead atoms. The van der Waals surface area contributed by atoms with Crippen molar-refractivity contribution < 1.29 is 45.3 Å². The quantitative estimate of drug-likeness (QED) is 0.225. The average Bonchev–Trinajstić information content (AvgIpc) is 2.73. The molecule has 35 heavy (non-hydrogen) atoms. The van der Waals surface area contributed by atoms with Gasteiger partial charge >= 0.3 is 24.0 Å². The van der Waals surface area contributed by atoms with Crippen molar-refractivity contribution in [3.63, 3.8) is 0 Å². The molecule has 0 aliphatic carbocycles. The maximum absolute atomic E-state index is 13.1. The average molecular weight is 551 g/mol. The van der Waals surface area contributed by atoms with Crippen LogP contribution in [0, 0.1) is 0 Å². The van der Waals surface area contributed by atoms with E-state index in [0.29, 0.717) is 10.6 Å². The van der Waals surface area contributed by atoms with E-state index in [-0.39, 0.29) is 37.9 Å². The van der Waals surface area contributed by atoms with E-state index < -0.39 is 48.5 Å². The summed E-state index contributed by atoms with van der Waals surface area (Å²) in [6.45, 7) is -2.41. The maximum Gasteiger partial charge on any atom is 0.431 e. The van der Waals surface area contributed by atoms with Gasteiger partial charge in [0.15, 0.2) is 6.61 Å². The minimum atomic E-state index is -4.98. The van der Waals surface area contributed by atoms with Gasteiger partial charge in [0.1, 0.15) is 23.8 Å². The van der Waals surface area contributed by atoms with Crippen LogP contribution in [-0.2, 0) is 27.5 Å². The van der Waals surface area contributed by atoms with Crippen molar-refractivity contribution in [3.05, 3.63) is 66.6 Å². The first-order chi connectivity index (χ1) is 16.0. The van der Waals surface area contributed by atoms with E-state index in [9.17, 15) is 40.7 Å². The normalized spacial score (nSPS) is 12.5. The summed E-state index contributed by atoms with van der Waals surface area (Å²) in [6.07, 6.45) is -9.14. The van der Waals surface area contributed by atoms with Crippen LogP contribution in [0.5, 0.6) is 5.75 Å². The molecule has 0 N–H and O–H groups in total. The van der Waals surface area contributed by atoms with Gasteiger partial charge in [-0.05, 0) is 6.07 Å². The lowest BCUT2D eigenvalue weighted by atomic mass is 10.2. The first-order valence-corrected chi connectivity index (χ1v) is 9.81. The molecule has 0 unspecified atom stereocenters. The third kappa shape index (κ3) is 7.18. The van der Waals surface area contributed by atoms with Gasteiger partial charge in [-0.25, -0.2) is 14.2 Å². The van der Waals surface area contributed by atoms with Crippen LogP contribution in [-0.4, -0.2) is 41.6 Å². The summed E-state index contributed by atoms with van der Waals surface area (Å²) in [6, 6.07) is 2.20. The molecule has 1 heterocycles. The molecule has 0 radical (unpaired) electrons. The van der Waals surface area contributed by atoms with E-state index >= 15 is 0 Å². The number of esters is 1. The highest BCUT2D eigenvalue weighted by Gasteiger charge is 2.35. The zero-order valence-electron chi connectivity index (χ0n) is 17.6. The number of hydrogen-bond donors (Lipinski definition) is 0. The van der Waals surface area contributed by atoms with Crippen molar-refractivity contribution in [2.75, 3.05) is 20.3 Å². The van der Waals surface area contributed by atoms with Gasteiger partial charge in [-0.1, -0.05) is 23.2 Å². The van der Waals surface area contributed by atoms with Gasteiger partial charge in [0.05, 0.1) is 28.9 Å². The van der Waals surface area contributed by atoms with E-state index in [2.05, 4.69) is 4.74 Å². The summed E-state index contributed by atoms with van der Waals surface area (Å²) in [5.74, 6) is -1.94. The summed E-state index contributed by atoms with van der Waals surface area (Å²) in [7, 11) is 1.88. The molecule has 8 nitrogen and oxygen atoms in total. The van der Waals surface area contributed by atoms with E-state index in [1.54, 1.807) is 0 Å². The molecule has 0 aliphatic rings. The van der Waals surface area contributed by atoms with Crippen molar-refractivity contribution in [2.45, 2.75) is 12.4 Å². The Morgan fingerprint density at radius 3 is 2.23 bits per heavy atom. The first-order valence-electron chi connectivity index (χ1n) is 9.05. The number of methoxy groups -OCH3 is 1. The first kappa shape index (κ1) is 28.1. The second-order valence-electron chi connectivity index (χ2n) is 6.60.